The van der Waals surface area contributed by atoms with Gasteiger partial charge in [0, 0.05) is 0 Å². The molecule has 9 N–H and O–H groups in total. The minimum Gasteiger partial charge on any atom is -0.508 e. The van der Waals surface area contributed by atoms with Gasteiger partial charge in [-0.3, -0.25) is 19.2 Å². The van der Waals surface area contributed by atoms with E-state index in [9.17, 15) is 34.2 Å². The van der Waals surface area contributed by atoms with E-state index in [0.717, 1.165) is 5.56 Å². The van der Waals surface area contributed by atoms with E-state index in [1.165, 1.54) is 19.1 Å². The fourth-order valence-electron chi connectivity index (χ4n) is 3.04. The Labute approximate surface area is 197 Å². The molecule has 0 unspecified atom stereocenters. The van der Waals surface area contributed by atoms with Crippen LogP contribution < -0.4 is 27.4 Å². The number of nitrogens with one attached hydrogen (secondary N) is 3. The summed E-state index contributed by atoms with van der Waals surface area (Å²) in [5, 5.41) is 25.7. The number of phenolic OH excluding ortho intramolecular Hbond substituents is 1. The van der Waals surface area contributed by atoms with Crippen molar-refractivity contribution in [2.24, 2.45) is 17.4 Å². The maximum atomic E-state index is 12.6. The molecule has 4 atom stereocenters. The van der Waals surface area contributed by atoms with Crippen LogP contribution >= 0.6 is 0 Å². The van der Waals surface area contributed by atoms with Crippen LogP contribution in [-0.2, 0) is 30.4 Å². The number of hydrogen-bond acceptors (Lipinski definition) is 7. The highest BCUT2D eigenvalue weighted by molar-refractivity contribution is 5.94. The number of carbonyl (C=O) groups is 5. The summed E-state index contributed by atoms with van der Waals surface area (Å²) in [5.74, 6) is -4.36. The molecule has 0 bridgehead atoms. The van der Waals surface area contributed by atoms with Crippen molar-refractivity contribution < 1.29 is 34.2 Å². The molecule has 12 heteroatoms. The maximum Gasteiger partial charge on any atom is 0.326 e. The van der Waals surface area contributed by atoms with Crippen molar-refractivity contribution in [2.45, 2.75) is 64.2 Å². The standard InChI is InChI=1S/C22H33N5O7/c1-11(2)8-16(21(32)27-17(22(33)34)10-18(24)29)26-19(30)12(3)25-20(31)15(23)9-13-4-6-14(28)7-5-13/h4-7,11-12,15-17,28H,8-10,23H2,1-3H3,(H2,24,29)(H,25,31)(H,26,30)(H,27,32)(H,33,34)/t12-,15-,16-,17-/m0/s1. The van der Waals surface area contributed by atoms with E-state index in [4.69, 9.17) is 11.5 Å². The molecule has 0 aliphatic carbocycles. The smallest absolute Gasteiger partial charge is 0.326 e. The Morgan fingerprint density at radius 3 is 1.94 bits per heavy atom. The number of hydrogen-bond donors (Lipinski definition) is 7. The Morgan fingerprint density at radius 1 is 0.882 bits per heavy atom. The molecule has 1 aromatic rings. The Kier molecular flexibility index (Phi) is 11.0. The first kappa shape index (κ1) is 28.4. The monoisotopic (exact) mass is 479 g/mol. The van der Waals surface area contributed by atoms with Crippen LogP contribution in [0.1, 0.15) is 39.2 Å². The molecule has 0 saturated heterocycles. The SMILES string of the molecule is CC(C)C[C@H](NC(=O)[C@H](C)NC(=O)[C@@H](N)Cc1ccc(O)cc1)C(=O)N[C@@H](CC(N)=O)C(=O)O. The van der Waals surface area contributed by atoms with Crippen molar-refractivity contribution >= 4 is 29.6 Å². The molecular weight excluding hydrogens is 446 g/mol. The molecule has 0 aliphatic rings. The molecule has 0 spiro atoms. The first-order chi connectivity index (χ1) is 15.8. The summed E-state index contributed by atoms with van der Waals surface area (Å²) >= 11 is 0. The average Bonchev–Trinajstić information content (AvgIpc) is 2.73. The van der Waals surface area contributed by atoms with Crippen LogP contribution in [-0.4, -0.2) is 64.0 Å². The molecule has 0 fully saturated rings. The van der Waals surface area contributed by atoms with Gasteiger partial charge in [-0.25, -0.2) is 4.79 Å². The van der Waals surface area contributed by atoms with Gasteiger partial charge in [0.2, 0.25) is 23.6 Å². The maximum absolute atomic E-state index is 12.6. The molecule has 0 saturated carbocycles. The van der Waals surface area contributed by atoms with Crippen molar-refractivity contribution in [3.63, 3.8) is 0 Å². The van der Waals surface area contributed by atoms with Gasteiger partial charge in [-0.1, -0.05) is 26.0 Å². The summed E-state index contributed by atoms with van der Waals surface area (Å²) in [6.07, 6.45) is -0.244. The highest BCUT2D eigenvalue weighted by Crippen LogP contribution is 2.11. The number of aliphatic carboxylic acids is 1. The largest absolute Gasteiger partial charge is 0.508 e. The molecule has 0 radical (unpaired) electrons. The first-order valence-corrected chi connectivity index (χ1v) is 10.8. The predicted octanol–water partition coefficient (Wildman–Crippen LogP) is -1.26. The number of aromatic hydroxyl groups is 1. The minimum atomic E-state index is -1.54. The molecule has 12 nitrogen and oxygen atoms in total. The molecule has 1 aromatic carbocycles. The summed E-state index contributed by atoms with van der Waals surface area (Å²) in [7, 11) is 0. The van der Waals surface area contributed by atoms with Crippen molar-refractivity contribution in [3.8, 4) is 5.75 Å². The van der Waals surface area contributed by atoms with Gasteiger partial charge in [0.25, 0.3) is 0 Å². The highest BCUT2D eigenvalue weighted by Gasteiger charge is 2.30. The van der Waals surface area contributed by atoms with Crippen LogP contribution in [0.2, 0.25) is 0 Å². The van der Waals surface area contributed by atoms with Gasteiger partial charge >= 0.3 is 5.97 Å². The van der Waals surface area contributed by atoms with E-state index in [1.54, 1.807) is 26.0 Å². The lowest BCUT2D eigenvalue weighted by molar-refractivity contribution is -0.143. The van der Waals surface area contributed by atoms with E-state index >= 15 is 0 Å². The predicted molar refractivity (Wildman–Crippen MR) is 122 cm³/mol. The topological polar surface area (TPSA) is 214 Å². The van der Waals surface area contributed by atoms with Crippen LogP contribution in [0.4, 0.5) is 0 Å². The third-order valence-corrected chi connectivity index (χ3v) is 4.84. The Hall–Kier alpha value is -3.67. The molecule has 0 aromatic heterocycles. The molecule has 34 heavy (non-hydrogen) atoms. The van der Waals surface area contributed by atoms with Crippen molar-refractivity contribution in [3.05, 3.63) is 29.8 Å². The first-order valence-electron chi connectivity index (χ1n) is 10.8. The average molecular weight is 480 g/mol. The molecule has 4 amide bonds. The summed E-state index contributed by atoms with van der Waals surface area (Å²) in [5.41, 5.74) is 11.7. The van der Waals surface area contributed by atoms with Gasteiger partial charge in [-0.05, 0) is 43.4 Å². The second kappa shape index (κ2) is 13.1. The number of carbonyl (C=O) groups excluding carboxylic acids is 4. The van der Waals surface area contributed by atoms with Crippen LogP contribution in [0.15, 0.2) is 24.3 Å². The second-order valence-corrected chi connectivity index (χ2v) is 8.47. The van der Waals surface area contributed by atoms with Crippen LogP contribution in [0.5, 0.6) is 5.75 Å². The van der Waals surface area contributed by atoms with Crippen LogP contribution in [0, 0.1) is 5.92 Å². The summed E-state index contributed by atoms with van der Waals surface area (Å²) < 4.78 is 0. The van der Waals surface area contributed by atoms with E-state index in [-0.39, 0.29) is 24.5 Å². The number of benzene rings is 1. The zero-order chi connectivity index (χ0) is 26.0. The number of phenols is 1. The lowest BCUT2D eigenvalue weighted by Gasteiger charge is -2.24. The molecular formula is C22H33N5O7. The molecule has 1 rings (SSSR count). The third kappa shape index (κ3) is 9.86. The van der Waals surface area contributed by atoms with Gasteiger partial charge < -0.3 is 37.6 Å². The number of primary amides is 1. The number of carboxylic acids is 1. The summed E-state index contributed by atoms with van der Waals surface area (Å²) in [4.78, 5) is 60.0. The number of rotatable bonds is 13. The lowest BCUT2D eigenvalue weighted by Crippen LogP contribution is -2.57. The molecule has 188 valence electrons. The highest BCUT2D eigenvalue weighted by atomic mass is 16.4. The van der Waals surface area contributed by atoms with E-state index in [2.05, 4.69) is 16.0 Å². The summed E-state index contributed by atoms with van der Waals surface area (Å²) in [6.45, 7) is 5.02. The fourth-order valence-corrected chi connectivity index (χ4v) is 3.04. The number of carboxylic acid groups (broad SMARTS) is 1. The van der Waals surface area contributed by atoms with Gasteiger partial charge in [0.05, 0.1) is 12.5 Å². The second-order valence-electron chi connectivity index (χ2n) is 8.47. The van der Waals surface area contributed by atoms with E-state index in [1.807, 2.05) is 0 Å². The van der Waals surface area contributed by atoms with Gasteiger partial charge in [-0.2, -0.15) is 0 Å². The zero-order valence-electron chi connectivity index (χ0n) is 19.4. The lowest BCUT2D eigenvalue weighted by atomic mass is 10.0. The summed E-state index contributed by atoms with van der Waals surface area (Å²) in [6, 6.07) is 1.54. The molecule has 0 aliphatic heterocycles. The minimum absolute atomic E-state index is 0.0425. The number of amides is 4. The Bertz CT molecular complexity index is 888. The van der Waals surface area contributed by atoms with E-state index < -0.39 is 60.2 Å². The van der Waals surface area contributed by atoms with Crippen molar-refractivity contribution in [1.29, 1.82) is 0 Å². The molecule has 0 heterocycles. The van der Waals surface area contributed by atoms with Crippen molar-refractivity contribution in [1.82, 2.24) is 16.0 Å². The van der Waals surface area contributed by atoms with Gasteiger partial charge in [-0.15, -0.1) is 0 Å². The third-order valence-electron chi connectivity index (χ3n) is 4.84. The van der Waals surface area contributed by atoms with Crippen molar-refractivity contribution in [2.75, 3.05) is 0 Å². The normalized spacial score (nSPS) is 14.4. The van der Waals surface area contributed by atoms with Gasteiger partial charge in [0.15, 0.2) is 0 Å². The quantitative estimate of drug-likeness (QED) is 0.181. The Morgan fingerprint density at radius 2 is 1.44 bits per heavy atom. The van der Waals surface area contributed by atoms with Crippen LogP contribution in [0.3, 0.4) is 0 Å². The number of nitrogens with two attached hydrogens (primary N) is 2. The Balaban J connectivity index is 2.76. The van der Waals surface area contributed by atoms with E-state index in [0.29, 0.717) is 0 Å². The van der Waals surface area contributed by atoms with Crippen LogP contribution in [0.25, 0.3) is 0 Å². The zero-order valence-corrected chi connectivity index (χ0v) is 19.4. The fraction of sp³-hybridized carbons (Fsp3) is 0.500. The van der Waals surface area contributed by atoms with Gasteiger partial charge in [0.1, 0.15) is 23.9 Å².